The van der Waals surface area contributed by atoms with Gasteiger partial charge in [0.05, 0.1) is 16.3 Å². The Balaban J connectivity index is 2.06. The largest absolute Gasteiger partial charge is 0.268 e. The van der Waals surface area contributed by atoms with Gasteiger partial charge in [-0.3, -0.25) is 9.20 Å². The van der Waals surface area contributed by atoms with Crippen LogP contribution in [0.15, 0.2) is 77.6 Å². The topological polar surface area (TPSA) is 34.4 Å². The fraction of sp³-hybridized carbons (Fsp3) is 0.0435. The van der Waals surface area contributed by atoms with Crippen LogP contribution in [-0.4, -0.2) is 9.38 Å². The van der Waals surface area contributed by atoms with Gasteiger partial charge in [0, 0.05) is 10.8 Å². The summed E-state index contributed by atoms with van der Waals surface area (Å²) in [5.74, 6) is 0. The summed E-state index contributed by atoms with van der Waals surface area (Å²) in [5.41, 5.74) is 3.54. The van der Waals surface area contributed by atoms with Crippen LogP contribution in [0.4, 0.5) is 0 Å². The third-order valence-electron chi connectivity index (χ3n) is 4.81. The van der Waals surface area contributed by atoms with Crippen LogP contribution in [0.25, 0.3) is 33.4 Å². The van der Waals surface area contributed by atoms with E-state index in [4.69, 9.17) is 4.98 Å². The van der Waals surface area contributed by atoms with Crippen LogP contribution in [0, 0.1) is 6.92 Å². The van der Waals surface area contributed by atoms with Crippen LogP contribution >= 0.6 is 0 Å². The number of benzene rings is 3. The van der Waals surface area contributed by atoms with Crippen molar-refractivity contribution >= 4 is 33.4 Å². The van der Waals surface area contributed by atoms with Crippen molar-refractivity contribution in [3.8, 4) is 0 Å². The molecule has 0 bridgehead atoms. The van der Waals surface area contributed by atoms with Gasteiger partial charge in [-0.05, 0) is 30.7 Å². The minimum Gasteiger partial charge on any atom is -0.268 e. The van der Waals surface area contributed by atoms with E-state index in [0.29, 0.717) is 11.0 Å². The van der Waals surface area contributed by atoms with E-state index in [9.17, 15) is 4.79 Å². The molecule has 0 fully saturated rings. The molecule has 0 aliphatic carbocycles. The molecule has 0 radical (unpaired) electrons. The lowest BCUT2D eigenvalue weighted by molar-refractivity contribution is 1.07. The summed E-state index contributed by atoms with van der Waals surface area (Å²) in [6, 6.07) is 24.0. The monoisotopic (exact) mass is 336 g/mol. The third kappa shape index (κ3) is 2.14. The molecule has 5 aromatic rings. The van der Waals surface area contributed by atoms with Gasteiger partial charge in [-0.1, -0.05) is 66.2 Å². The fourth-order valence-electron chi connectivity index (χ4n) is 3.57. The molecule has 3 heteroatoms. The van der Waals surface area contributed by atoms with Crippen LogP contribution in [-0.2, 0) is 0 Å². The number of aryl methyl sites for hydroxylation is 1. The van der Waals surface area contributed by atoms with E-state index in [2.05, 4.69) is 6.08 Å². The van der Waals surface area contributed by atoms with Gasteiger partial charge in [0.25, 0.3) is 5.56 Å². The lowest BCUT2D eigenvalue weighted by atomic mass is 10.1. The number of aromatic nitrogens is 2. The zero-order valence-electron chi connectivity index (χ0n) is 14.3. The van der Waals surface area contributed by atoms with Gasteiger partial charge in [0.1, 0.15) is 5.65 Å². The number of fused-ring (bicyclic) bond motifs is 4. The second-order valence-corrected chi connectivity index (χ2v) is 6.58. The van der Waals surface area contributed by atoms with Gasteiger partial charge in [-0.25, -0.2) is 4.98 Å². The minimum absolute atomic E-state index is 0.0212. The average molecular weight is 336 g/mol. The summed E-state index contributed by atoms with van der Waals surface area (Å²) in [4.78, 5) is 18.1. The van der Waals surface area contributed by atoms with E-state index in [1.807, 2.05) is 79.7 Å². The number of hydrogen-bond acceptors (Lipinski definition) is 2. The maximum atomic E-state index is 13.3. The Morgan fingerprint density at radius 3 is 2.38 bits per heavy atom. The second kappa shape index (κ2) is 5.53. The van der Waals surface area contributed by atoms with E-state index in [-0.39, 0.29) is 5.56 Å². The van der Waals surface area contributed by atoms with Crippen molar-refractivity contribution in [3.05, 3.63) is 99.6 Å². The first kappa shape index (κ1) is 14.8. The Morgan fingerprint density at radius 1 is 0.846 bits per heavy atom. The van der Waals surface area contributed by atoms with E-state index < -0.39 is 0 Å². The van der Waals surface area contributed by atoms with Gasteiger partial charge < -0.3 is 0 Å². The third-order valence-corrected chi connectivity index (χ3v) is 4.81. The summed E-state index contributed by atoms with van der Waals surface area (Å²) >= 11 is 0. The van der Waals surface area contributed by atoms with Crippen molar-refractivity contribution < 1.29 is 0 Å². The summed E-state index contributed by atoms with van der Waals surface area (Å²) in [6.45, 7) is 1.99. The molecule has 2 heterocycles. The minimum atomic E-state index is -0.0212. The highest BCUT2D eigenvalue weighted by molar-refractivity contribution is 5.98. The molecule has 0 N–H and O–H groups in total. The molecule has 0 aliphatic heterocycles. The van der Waals surface area contributed by atoms with Crippen LogP contribution in [0.1, 0.15) is 11.1 Å². The van der Waals surface area contributed by atoms with Crippen molar-refractivity contribution in [2.45, 2.75) is 6.92 Å². The Morgan fingerprint density at radius 2 is 1.58 bits per heavy atom. The molecule has 0 atom stereocenters. The summed E-state index contributed by atoms with van der Waals surface area (Å²) in [7, 11) is 0. The number of hydrogen-bond donors (Lipinski definition) is 0. The van der Waals surface area contributed by atoms with E-state index >= 15 is 0 Å². The molecule has 2 aromatic heterocycles. The molecule has 0 amide bonds. The first-order valence-electron chi connectivity index (χ1n) is 8.63. The highest BCUT2D eigenvalue weighted by atomic mass is 16.1. The molecule has 3 aromatic carbocycles. The van der Waals surface area contributed by atoms with Crippen molar-refractivity contribution in [2.75, 3.05) is 0 Å². The van der Waals surface area contributed by atoms with Crippen molar-refractivity contribution in [3.63, 3.8) is 0 Å². The van der Waals surface area contributed by atoms with Gasteiger partial charge in [0.15, 0.2) is 0 Å². The molecule has 0 saturated heterocycles. The van der Waals surface area contributed by atoms with E-state index in [0.717, 1.165) is 32.8 Å². The van der Waals surface area contributed by atoms with Crippen molar-refractivity contribution in [1.29, 1.82) is 0 Å². The normalized spacial score (nSPS) is 12.4. The molecule has 0 aliphatic rings. The second-order valence-electron chi connectivity index (χ2n) is 6.58. The molecule has 0 saturated carbocycles. The lowest BCUT2D eigenvalue weighted by Gasteiger charge is -2.01. The van der Waals surface area contributed by atoms with Crippen LogP contribution in [0.2, 0.25) is 0 Å². The molecule has 124 valence electrons. The number of nitrogens with zero attached hydrogens (tertiary/aromatic N) is 2. The highest BCUT2D eigenvalue weighted by Crippen LogP contribution is 2.19. The molecule has 26 heavy (non-hydrogen) atoms. The predicted octanol–water partition coefficient (Wildman–Crippen LogP) is 3.86. The molecular weight excluding hydrogens is 320 g/mol. The van der Waals surface area contributed by atoms with Crippen molar-refractivity contribution in [2.24, 2.45) is 0 Å². The van der Waals surface area contributed by atoms with Crippen LogP contribution in [0.5, 0.6) is 0 Å². The Kier molecular flexibility index (Phi) is 3.16. The van der Waals surface area contributed by atoms with Crippen LogP contribution < -0.4 is 10.9 Å². The van der Waals surface area contributed by atoms with Gasteiger partial charge in [0.2, 0.25) is 0 Å². The maximum Gasteiger partial charge on any atom is 0.266 e. The Labute approximate surface area is 149 Å². The zero-order chi connectivity index (χ0) is 17.7. The molecule has 3 nitrogen and oxygen atoms in total. The Bertz CT molecular complexity index is 1400. The summed E-state index contributed by atoms with van der Waals surface area (Å²) in [6.07, 6.45) is 2.06. The SMILES string of the molecule is Cc1ccc2nc3c4ccccc4/c(=C\c4ccccc4)n3c(=O)c2c1. The maximum absolute atomic E-state index is 13.3. The quantitative estimate of drug-likeness (QED) is 0.466. The first-order chi connectivity index (χ1) is 12.7. The standard InChI is InChI=1S/C23H16N2O/c1-15-11-12-20-19(13-15)23(26)25-21(14-16-7-3-2-4-8-16)17-9-5-6-10-18(17)22(25)24-20/h2-14H,1H3/b21-14+. The van der Waals surface area contributed by atoms with Crippen LogP contribution in [0.3, 0.4) is 0 Å². The fourth-order valence-corrected chi connectivity index (χ4v) is 3.57. The molecule has 5 rings (SSSR count). The highest BCUT2D eigenvalue weighted by Gasteiger charge is 2.13. The van der Waals surface area contributed by atoms with Gasteiger partial charge >= 0.3 is 0 Å². The summed E-state index contributed by atoms with van der Waals surface area (Å²) < 4.78 is 1.75. The van der Waals surface area contributed by atoms with E-state index in [1.165, 1.54) is 0 Å². The smallest absolute Gasteiger partial charge is 0.266 e. The lowest BCUT2D eigenvalue weighted by Crippen LogP contribution is -2.24. The Hall–Kier alpha value is -3.46. The molecule has 0 spiro atoms. The van der Waals surface area contributed by atoms with Gasteiger partial charge in [-0.2, -0.15) is 0 Å². The molecular formula is C23H16N2O. The number of rotatable bonds is 1. The van der Waals surface area contributed by atoms with Crippen molar-refractivity contribution in [1.82, 2.24) is 9.38 Å². The van der Waals surface area contributed by atoms with Gasteiger partial charge in [-0.15, -0.1) is 0 Å². The zero-order valence-corrected chi connectivity index (χ0v) is 14.3. The average Bonchev–Trinajstić information content (AvgIpc) is 2.98. The predicted molar refractivity (Wildman–Crippen MR) is 106 cm³/mol. The molecule has 0 unspecified atom stereocenters. The summed E-state index contributed by atoms with van der Waals surface area (Å²) in [5, 5.41) is 3.56. The first-order valence-corrected chi connectivity index (χ1v) is 8.63. The van der Waals surface area contributed by atoms with E-state index in [1.54, 1.807) is 4.40 Å².